The zero-order valence-electron chi connectivity index (χ0n) is 13.2. The molecule has 0 saturated carbocycles. The molecule has 0 radical (unpaired) electrons. The molecule has 2 aromatic rings. The number of ether oxygens (including phenoxy) is 1. The van der Waals surface area contributed by atoms with Gasteiger partial charge in [0.05, 0.1) is 12.2 Å². The summed E-state index contributed by atoms with van der Waals surface area (Å²) in [5.41, 5.74) is 5.15. The maximum absolute atomic E-state index is 6.06. The summed E-state index contributed by atoms with van der Waals surface area (Å²) in [6.07, 6.45) is 7.39. The zero-order chi connectivity index (χ0) is 15.3. The van der Waals surface area contributed by atoms with Gasteiger partial charge in [-0.3, -0.25) is 4.90 Å². The van der Waals surface area contributed by atoms with Crippen molar-refractivity contribution in [2.75, 3.05) is 20.2 Å². The number of H-pyrrole nitrogens is 1. The number of aromatic amines is 1. The molecule has 1 aromatic heterocycles. The van der Waals surface area contributed by atoms with E-state index in [2.05, 4.69) is 60.9 Å². The van der Waals surface area contributed by atoms with E-state index in [0.29, 0.717) is 12.6 Å². The second-order valence-electron chi connectivity index (χ2n) is 6.69. The summed E-state index contributed by atoms with van der Waals surface area (Å²) in [7, 11) is 2.20. The van der Waals surface area contributed by atoms with Gasteiger partial charge in [-0.2, -0.15) is 0 Å². The number of nitrogens with zero attached hydrogens (tertiary/aromatic N) is 1. The third kappa shape index (κ3) is 1.97. The van der Waals surface area contributed by atoms with Gasteiger partial charge in [-0.1, -0.05) is 18.2 Å². The average molecular weight is 294 g/mol. The molecule has 1 N–H and O–H groups in total. The Labute approximate surface area is 131 Å². The summed E-state index contributed by atoms with van der Waals surface area (Å²) >= 11 is 0. The van der Waals surface area contributed by atoms with Crippen molar-refractivity contribution in [2.24, 2.45) is 0 Å². The maximum Gasteiger partial charge on any atom is 0.0971 e. The lowest BCUT2D eigenvalue weighted by Gasteiger charge is -2.44. The van der Waals surface area contributed by atoms with E-state index < -0.39 is 0 Å². The standard InChI is InChI=1S/C19H22N2O/c1-4-8-22-19(2)10-15-14-6-5-7-16-18(14)13(11-20-16)9-17(15)21(3)12-19/h4-7,10-11,17,20H,1,8-9,12H2,2-3H3/t17-,19-/m0/s1. The minimum absolute atomic E-state index is 0.259. The van der Waals surface area contributed by atoms with Crippen LogP contribution in [0.3, 0.4) is 0 Å². The van der Waals surface area contributed by atoms with Crippen molar-refractivity contribution in [3.05, 3.63) is 54.3 Å². The average Bonchev–Trinajstić information content (AvgIpc) is 2.91. The van der Waals surface area contributed by atoms with E-state index in [1.807, 2.05) is 6.08 Å². The summed E-state index contributed by atoms with van der Waals surface area (Å²) in [5, 5.41) is 1.38. The Morgan fingerprint density at radius 3 is 3.18 bits per heavy atom. The molecule has 2 heterocycles. The van der Waals surface area contributed by atoms with Gasteiger partial charge < -0.3 is 9.72 Å². The first kappa shape index (κ1) is 13.8. The molecule has 1 aliphatic heterocycles. The van der Waals surface area contributed by atoms with Gasteiger partial charge in [-0.25, -0.2) is 0 Å². The number of fused-ring (bicyclic) bond motifs is 2. The van der Waals surface area contributed by atoms with Crippen molar-refractivity contribution in [2.45, 2.75) is 25.0 Å². The summed E-state index contributed by atoms with van der Waals surface area (Å²) < 4.78 is 6.06. The molecule has 0 fully saturated rings. The van der Waals surface area contributed by atoms with Crippen LogP contribution < -0.4 is 0 Å². The Balaban J connectivity index is 1.87. The number of benzene rings is 1. The highest BCUT2D eigenvalue weighted by Gasteiger charge is 2.38. The van der Waals surface area contributed by atoms with E-state index >= 15 is 0 Å². The van der Waals surface area contributed by atoms with Gasteiger partial charge in [0.25, 0.3) is 0 Å². The molecular weight excluding hydrogens is 272 g/mol. The molecule has 2 aliphatic rings. The molecule has 1 aliphatic carbocycles. The second-order valence-corrected chi connectivity index (χ2v) is 6.69. The smallest absolute Gasteiger partial charge is 0.0971 e. The van der Waals surface area contributed by atoms with Gasteiger partial charge in [0, 0.05) is 29.7 Å². The van der Waals surface area contributed by atoms with Crippen LogP contribution in [0.1, 0.15) is 18.1 Å². The zero-order valence-corrected chi connectivity index (χ0v) is 13.2. The van der Waals surface area contributed by atoms with E-state index in [1.54, 1.807) is 0 Å². The number of hydrogen-bond acceptors (Lipinski definition) is 2. The topological polar surface area (TPSA) is 28.3 Å². The fraction of sp³-hybridized carbons (Fsp3) is 0.368. The maximum atomic E-state index is 6.06. The quantitative estimate of drug-likeness (QED) is 0.879. The summed E-state index contributed by atoms with van der Waals surface area (Å²) in [4.78, 5) is 5.83. The van der Waals surface area contributed by atoms with Gasteiger partial charge in [0.1, 0.15) is 0 Å². The first-order valence-corrected chi connectivity index (χ1v) is 7.88. The van der Waals surface area contributed by atoms with Crippen molar-refractivity contribution < 1.29 is 4.74 Å². The van der Waals surface area contributed by atoms with Crippen LogP contribution in [0, 0.1) is 0 Å². The normalized spacial score (nSPS) is 27.5. The summed E-state index contributed by atoms with van der Waals surface area (Å²) in [6.45, 7) is 7.43. The lowest BCUT2D eigenvalue weighted by molar-refractivity contribution is -0.00955. The van der Waals surface area contributed by atoms with Crippen molar-refractivity contribution in [1.82, 2.24) is 9.88 Å². The largest absolute Gasteiger partial charge is 0.366 e. The molecule has 0 unspecified atom stereocenters. The van der Waals surface area contributed by atoms with E-state index in [9.17, 15) is 0 Å². The Kier molecular flexibility index (Phi) is 3.03. The summed E-state index contributed by atoms with van der Waals surface area (Å²) in [5.74, 6) is 0. The van der Waals surface area contributed by atoms with Gasteiger partial charge in [-0.05, 0) is 49.2 Å². The molecule has 4 rings (SSSR count). The van der Waals surface area contributed by atoms with Crippen molar-refractivity contribution in [1.29, 1.82) is 0 Å². The van der Waals surface area contributed by atoms with Crippen molar-refractivity contribution >= 4 is 16.5 Å². The van der Waals surface area contributed by atoms with Crippen molar-refractivity contribution in [3.8, 4) is 0 Å². The van der Waals surface area contributed by atoms with Crippen LogP contribution in [0.5, 0.6) is 0 Å². The highest BCUT2D eigenvalue weighted by Crippen LogP contribution is 2.42. The molecule has 0 amide bonds. The number of nitrogens with one attached hydrogen (secondary N) is 1. The molecule has 0 saturated heterocycles. The number of aromatic nitrogens is 1. The molecule has 3 nitrogen and oxygen atoms in total. The third-order valence-corrected chi connectivity index (χ3v) is 4.96. The molecule has 0 spiro atoms. The SMILES string of the molecule is C=CCO[C@@]1(C)C=C2c3cccc4[nH]cc(c34)C[C@@H]2N(C)C1. The van der Waals surface area contributed by atoms with Crippen LogP contribution in [0.4, 0.5) is 0 Å². The van der Waals surface area contributed by atoms with Crippen LogP contribution >= 0.6 is 0 Å². The predicted octanol–water partition coefficient (Wildman–Crippen LogP) is 3.38. The van der Waals surface area contributed by atoms with Crippen LogP contribution in [-0.4, -0.2) is 41.7 Å². The van der Waals surface area contributed by atoms with Gasteiger partial charge in [0.2, 0.25) is 0 Å². The van der Waals surface area contributed by atoms with Crippen LogP contribution in [-0.2, 0) is 11.2 Å². The van der Waals surface area contributed by atoms with Gasteiger partial charge in [0.15, 0.2) is 0 Å². The van der Waals surface area contributed by atoms with Gasteiger partial charge >= 0.3 is 0 Å². The van der Waals surface area contributed by atoms with E-state index in [4.69, 9.17) is 4.74 Å². The van der Waals surface area contributed by atoms with Crippen LogP contribution in [0.2, 0.25) is 0 Å². The first-order valence-electron chi connectivity index (χ1n) is 7.88. The summed E-state index contributed by atoms with van der Waals surface area (Å²) in [6, 6.07) is 6.97. The lowest BCUT2D eigenvalue weighted by Crippen LogP contribution is -2.50. The molecule has 2 atom stereocenters. The second kappa shape index (κ2) is 4.83. The Bertz CT molecular complexity index is 773. The highest BCUT2D eigenvalue weighted by atomic mass is 16.5. The lowest BCUT2D eigenvalue weighted by atomic mass is 9.79. The van der Waals surface area contributed by atoms with Crippen molar-refractivity contribution in [3.63, 3.8) is 0 Å². The fourth-order valence-electron chi connectivity index (χ4n) is 4.04. The van der Waals surface area contributed by atoms with E-state index in [-0.39, 0.29) is 5.60 Å². The minimum Gasteiger partial charge on any atom is -0.366 e. The van der Waals surface area contributed by atoms with Crippen LogP contribution in [0.25, 0.3) is 16.5 Å². The Hall–Kier alpha value is -1.84. The molecule has 114 valence electrons. The fourth-order valence-corrected chi connectivity index (χ4v) is 4.04. The highest BCUT2D eigenvalue weighted by molar-refractivity contribution is 5.98. The van der Waals surface area contributed by atoms with E-state index in [0.717, 1.165) is 13.0 Å². The number of hydrogen-bond donors (Lipinski definition) is 1. The predicted molar refractivity (Wildman–Crippen MR) is 91.0 cm³/mol. The monoisotopic (exact) mass is 294 g/mol. The molecule has 3 heteroatoms. The Morgan fingerprint density at radius 1 is 1.50 bits per heavy atom. The minimum atomic E-state index is -0.259. The number of likely N-dealkylation sites (N-methyl/N-ethyl adjacent to an activating group) is 1. The van der Waals surface area contributed by atoms with E-state index in [1.165, 1.54) is 27.6 Å². The molecule has 22 heavy (non-hydrogen) atoms. The number of rotatable bonds is 3. The Morgan fingerprint density at radius 2 is 2.36 bits per heavy atom. The molecule has 1 aromatic carbocycles. The first-order chi connectivity index (χ1) is 10.6. The van der Waals surface area contributed by atoms with Gasteiger partial charge in [-0.15, -0.1) is 6.58 Å². The molecule has 0 bridgehead atoms. The third-order valence-electron chi connectivity index (χ3n) is 4.96. The van der Waals surface area contributed by atoms with Crippen LogP contribution in [0.15, 0.2) is 43.1 Å². The molecular formula is C19H22N2O.